The van der Waals surface area contributed by atoms with Gasteiger partial charge in [-0.25, -0.2) is 0 Å². The number of hydrogen-bond donors (Lipinski definition) is 1. The summed E-state index contributed by atoms with van der Waals surface area (Å²) in [7, 11) is 1.68. The van der Waals surface area contributed by atoms with E-state index in [-0.39, 0.29) is 6.04 Å². The molecule has 2 N–H and O–H groups in total. The molecule has 1 aliphatic heterocycles. The van der Waals surface area contributed by atoms with E-state index in [2.05, 4.69) is 11.0 Å². The maximum Gasteiger partial charge on any atom is 0.123 e. The van der Waals surface area contributed by atoms with Crippen molar-refractivity contribution >= 4 is 0 Å². The summed E-state index contributed by atoms with van der Waals surface area (Å²) in [6.07, 6.45) is 0. The summed E-state index contributed by atoms with van der Waals surface area (Å²) in [6, 6.07) is 8.24. The lowest BCUT2D eigenvalue weighted by molar-refractivity contribution is 0.146. The van der Waals surface area contributed by atoms with Gasteiger partial charge in [-0.15, -0.1) is 0 Å². The molecule has 94 valence electrons. The average Bonchev–Trinajstić information content (AvgIpc) is 2.50. The Morgan fingerprint density at radius 1 is 1.47 bits per heavy atom. The SMILES string of the molecule is COCC(N)CN1CCOc2ccccc2C1. The van der Waals surface area contributed by atoms with Crippen molar-refractivity contribution in [1.82, 2.24) is 4.90 Å². The minimum atomic E-state index is 0.0604. The monoisotopic (exact) mass is 236 g/mol. The van der Waals surface area contributed by atoms with Crippen LogP contribution in [0, 0.1) is 0 Å². The molecule has 0 saturated heterocycles. The highest BCUT2D eigenvalue weighted by molar-refractivity contribution is 5.33. The molecule has 1 aromatic carbocycles. The van der Waals surface area contributed by atoms with Crippen molar-refractivity contribution in [2.24, 2.45) is 5.73 Å². The van der Waals surface area contributed by atoms with E-state index in [0.29, 0.717) is 6.61 Å². The van der Waals surface area contributed by atoms with E-state index in [1.54, 1.807) is 7.11 Å². The first kappa shape index (κ1) is 12.4. The molecule has 0 bridgehead atoms. The lowest BCUT2D eigenvalue weighted by Crippen LogP contribution is -2.40. The van der Waals surface area contributed by atoms with Gasteiger partial charge < -0.3 is 15.2 Å². The van der Waals surface area contributed by atoms with E-state index in [1.807, 2.05) is 18.2 Å². The summed E-state index contributed by atoms with van der Waals surface area (Å²) in [6.45, 7) is 3.96. The van der Waals surface area contributed by atoms with Crippen LogP contribution in [0.3, 0.4) is 0 Å². The third kappa shape index (κ3) is 3.43. The van der Waals surface area contributed by atoms with Crippen LogP contribution in [0.15, 0.2) is 24.3 Å². The fourth-order valence-corrected chi connectivity index (χ4v) is 2.13. The van der Waals surface area contributed by atoms with Crippen molar-refractivity contribution in [2.75, 3.05) is 33.4 Å². The lowest BCUT2D eigenvalue weighted by Gasteiger charge is -2.22. The molecule has 0 amide bonds. The highest BCUT2D eigenvalue weighted by atomic mass is 16.5. The number of para-hydroxylation sites is 1. The van der Waals surface area contributed by atoms with Gasteiger partial charge in [0.25, 0.3) is 0 Å². The number of nitrogens with zero attached hydrogens (tertiary/aromatic N) is 1. The van der Waals surface area contributed by atoms with Crippen molar-refractivity contribution in [3.8, 4) is 5.75 Å². The first-order valence-corrected chi connectivity index (χ1v) is 5.97. The Kier molecular flexibility index (Phi) is 4.36. The molecular weight excluding hydrogens is 216 g/mol. The highest BCUT2D eigenvalue weighted by Gasteiger charge is 2.16. The number of rotatable bonds is 4. The van der Waals surface area contributed by atoms with Crippen LogP contribution in [-0.2, 0) is 11.3 Å². The maximum atomic E-state index is 5.98. The molecule has 17 heavy (non-hydrogen) atoms. The van der Waals surface area contributed by atoms with E-state index in [0.717, 1.165) is 32.0 Å². The van der Waals surface area contributed by atoms with Crippen molar-refractivity contribution in [2.45, 2.75) is 12.6 Å². The fraction of sp³-hybridized carbons (Fsp3) is 0.538. The zero-order chi connectivity index (χ0) is 12.1. The van der Waals surface area contributed by atoms with Gasteiger partial charge in [0.1, 0.15) is 12.4 Å². The Morgan fingerprint density at radius 2 is 2.29 bits per heavy atom. The average molecular weight is 236 g/mol. The van der Waals surface area contributed by atoms with Gasteiger partial charge >= 0.3 is 0 Å². The Morgan fingerprint density at radius 3 is 3.12 bits per heavy atom. The molecule has 1 atom stereocenters. The molecule has 1 heterocycles. The second-order valence-electron chi connectivity index (χ2n) is 4.41. The van der Waals surface area contributed by atoms with Gasteiger partial charge in [0.2, 0.25) is 0 Å². The van der Waals surface area contributed by atoms with Crippen LogP contribution < -0.4 is 10.5 Å². The molecule has 0 saturated carbocycles. The number of ether oxygens (including phenoxy) is 2. The van der Waals surface area contributed by atoms with Gasteiger partial charge in [0.15, 0.2) is 0 Å². The van der Waals surface area contributed by atoms with Crippen LogP contribution in [0.4, 0.5) is 0 Å². The van der Waals surface area contributed by atoms with Crippen molar-refractivity contribution in [3.05, 3.63) is 29.8 Å². The molecule has 1 aliphatic rings. The summed E-state index contributed by atoms with van der Waals surface area (Å²) >= 11 is 0. The van der Waals surface area contributed by atoms with Gasteiger partial charge in [-0.2, -0.15) is 0 Å². The van der Waals surface area contributed by atoms with Crippen molar-refractivity contribution < 1.29 is 9.47 Å². The van der Waals surface area contributed by atoms with Crippen LogP contribution in [0.2, 0.25) is 0 Å². The van der Waals surface area contributed by atoms with E-state index >= 15 is 0 Å². The zero-order valence-electron chi connectivity index (χ0n) is 10.3. The second-order valence-corrected chi connectivity index (χ2v) is 4.41. The summed E-state index contributed by atoms with van der Waals surface area (Å²) in [4.78, 5) is 2.32. The summed E-state index contributed by atoms with van der Waals surface area (Å²) in [5, 5.41) is 0. The third-order valence-corrected chi connectivity index (χ3v) is 2.91. The second kappa shape index (κ2) is 6.00. The first-order valence-electron chi connectivity index (χ1n) is 5.97. The normalized spacial score (nSPS) is 18.0. The van der Waals surface area contributed by atoms with Crippen LogP contribution in [0.25, 0.3) is 0 Å². The Bertz CT molecular complexity index is 357. The number of fused-ring (bicyclic) bond motifs is 1. The van der Waals surface area contributed by atoms with Crippen LogP contribution in [0.5, 0.6) is 5.75 Å². The van der Waals surface area contributed by atoms with E-state index in [1.165, 1.54) is 5.56 Å². The topological polar surface area (TPSA) is 47.7 Å². The molecule has 0 aliphatic carbocycles. The third-order valence-electron chi connectivity index (χ3n) is 2.91. The molecule has 0 radical (unpaired) electrons. The lowest BCUT2D eigenvalue weighted by atomic mass is 10.2. The molecule has 0 aromatic heterocycles. The van der Waals surface area contributed by atoms with Crippen LogP contribution >= 0.6 is 0 Å². The van der Waals surface area contributed by atoms with Gasteiger partial charge in [0, 0.05) is 38.3 Å². The van der Waals surface area contributed by atoms with E-state index in [4.69, 9.17) is 15.2 Å². The maximum absolute atomic E-state index is 5.98. The number of methoxy groups -OCH3 is 1. The van der Waals surface area contributed by atoms with Crippen LogP contribution in [-0.4, -0.2) is 44.4 Å². The Balaban J connectivity index is 1.98. The number of nitrogens with two attached hydrogens (primary N) is 1. The zero-order valence-corrected chi connectivity index (χ0v) is 10.3. The summed E-state index contributed by atoms with van der Waals surface area (Å²) in [5.41, 5.74) is 7.21. The van der Waals surface area contributed by atoms with Gasteiger partial charge in [-0.1, -0.05) is 18.2 Å². The minimum Gasteiger partial charge on any atom is -0.492 e. The quantitative estimate of drug-likeness (QED) is 0.842. The highest BCUT2D eigenvalue weighted by Crippen LogP contribution is 2.22. The smallest absolute Gasteiger partial charge is 0.123 e. The minimum absolute atomic E-state index is 0.0604. The molecular formula is C13H20N2O2. The molecule has 1 aromatic rings. The van der Waals surface area contributed by atoms with E-state index < -0.39 is 0 Å². The van der Waals surface area contributed by atoms with Gasteiger partial charge in [-0.3, -0.25) is 4.90 Å². The van der Waals surface area contributed by atoms with Crippen molar-refractivity contribution in [3.63, 3.8) is 0 Å². The summed E-state index contributed by atoms with van der Waals surface area (Å²) in [5.74, 6) is 0.996. The summed E-state index contributed by atoms with van der Waals surface area (Å²) < 4.78 is 10.8. The predicted molar refractivity (Wildman–Crippen MR) is 67.1 cm³/mol. The molecule has 4 heteroatoms. The number of hydrogen-bond acceptors (Lipinski definition) is 4. The van der Waals surface area contributed by atoms with Crippen LogP contribution in [0.1, 0.15) is 5.56 Å². The molecule has 0 spiro atoms. The largest absolute Gasteiger partial charge is 0.492 e. The Hall–Kier alpha value is -1.10. The predicted octanol–water partition coefficient (Wildman–Crippen LogP) is 0.855. The molecule has 1 unspecified atom stereocenters. The van der Waals surface area contributed by atoms with Crippen molar-refractivity contribution in [1.29, 1.82) is 0 Å². The van der Waals surface area contributed by atoms with Gasteiger partial charge in [0.05, 0.1) is 6.61 Å². The molecule has 4 nitrogen and oxygen atoms in total. The molecule has 2 rings (SSSR count). The van der Waals surface area contributed by atoms with E-state index in [9.17, 15) is 0 Å². The molecule has 0 fully saturated rings. The van der Waals surface area contributed by atoms with Gasteiger partial charge in [-0.05, 0) is 6.07 Å². The standard InChI is InChI=1S/C13H20N2O2/c1-16-10-12(14)9-15-6-7-17-13-5-3-2-4-11(13)8-15/h2-5,12H,6-10,14H2,1H3. The first-order chi connectivity index (χ1) is 8.29. The fourth-order valence-electron chi connectivity index (χ4n) is 2.13. The Labute approximate surface area is 102 Å². The number of benzene rings is 1.